The van der Waals surface area contributed by atoms with E-state index >= 15 is 0 Å². The van der Waals surface area contributed by atoms with Crippen molar-refractivity contribution in [2.75, 3.05) is 7.11 Å². The Morgan fingerprint density at radius 1 is 1.23 bits per heavy atom. The van der Waals surface area contributed by atoms with Crippen molar-refractivity contribution in [3.05, 3.63) is 29.6 Å². The summed E-state index contributed by atoms with van der Waals surface area (Å²) >= 11 is 0. The average molecular weight is 363 g/mol. The van der Waals surface area contributed by atoms with Gasteiger partial charge in [0.25, 0.3) is 0 Å². The second-order valence-electron chi connectivity index (χ2n) is 7.37. The number of amides is 2. The van der Waals surface area contributed by atoms with E-state index < -0.39 is 23.2 Å². The van der Waals surface area contributed by atoms with Crippen LogP contribution in [-0.4, -0.2) is 41.2 Å². The number of carbonyl (C=O) groups excluding carboxylic acids is 3. The van der Waals surface area contributed by atoms with Gasteiger partial charge in [-0.25, -0.2) is 9.59 Å². The molecule has 1 saturated carbocycles. The summed E-state index contributed by atoms with van der Waals surface area (Å²) in [6.07, 6.45) is 1.90. The van der Waals surface area contributed by atoms with Crippen LogP contribution in [0.25, 0.3) is 0 Å². The summed E-state index contributed by atoms with van der Waals surface area (Å²) in [7, 11) is 1.30. The van der Waals surface area contributed by atoms with Gasteiger partial charge in [-0.1, -0.05) is 0 Å². The van der Waals surface area contributed by atoms with E-state index in [4.69, 9.17) is 4.74 Å². The third kappa shape index (κ3) is 4.93. The molecule has 2 amide bonds. The average Bonchev–Trinajstić information content (AvgIpc) is 3.33. The summed E-state index contributed by atoms with van der Waals surface area (Å²) in [6.45, 7) is 7.06. The Kier molecular flexibility index (Phi) is 5.53. The van der Waals surface area contributed by atoms with Crippen LogP contribution in [0.1, 0.15) is 62.6 Å². The highest BCUT2D eigenvalue weighted by Crippen LogP contribution is 2.36. The van der Waals surface area contributed by atoms with Crippen LogP contribution < -0.4 is 10.6 Å². The topological polar surface area (TPSA) is 107 Å². The maximum absolute atomic E-state index is 12.6. The molecule has 26 heavy (non-hydrogen) atoms. The first-order valence-electron chi connectivity index (χ1n) is 8.43. The summed E-state index contributed by atoms with van der Waals surface area (Å²) in [5, 5.41) is 5.50. The molecule has 1 heterocycles. The number of pyridine rings is 1. The molecule has 142 valence electrons. The Bertz CT molecular complexity index is 690. The zero-order chi connectivity index (χ0) is 19.5. The highest BCUT2D eigenvalue weighted by molar-refractivity contribution is 5.93. The second kappa shape index (κ2) is 7.31. The zero-order valence-corrected chi connectivity index (χ0v) is 15.7. The minimum absolute atomic E-state index is 0.283. The summed E-state index contributed by atoms with van der Waals surface area (Å²) in [5.41, 5.74) is -0.628. The molecule has 8 heteroatoms. The smallest absolute Gasteiger partial charge is 0.408 e. The van der Waals surface area contributed by atoms with Crippen molar-refractivity contribution in [3.63, 3.8) is 0 Å². The van der Waals surface area contributed by atoms with Gasteiger partial charge in [0.05, 0.1) is 24.4 Å². The molecule has 0 aliphatic heterocycles. The van der Waals surface area contributed by atoms with Gasteiger partial charge in [-0.15, -0.1) is 0 Å². The van der Waals surface area contributed by atoms with Crippen molar-refractivity contribution in [1.82, 2.24) is 15.6 Å². The molecule has 1 atom stereocenters. The van der Waals surface area contributed by atoms with Crippen LogP contribution in [0.4, 0.5) is 4.79 Å². The number of aromatic nitrogens is 1. The molecule has 0 aromatic carbocycles. The molecule has 2 rings (SSSR count). The normalized spacial score (nSPS) is 16.2. The Morgan fingerprint density at radius 2 is 1.88 bits per heavy atom. The number of alkyl carbamates (subject to hydrolysis) is 1. The van der Waals surface area contributed by atoms with E-state index in [-0.39, 0.29) is 11.9 Å². The fourth-order valence-corrected chi connectivity index (χ4v) is 2.34. The summed E-state index contributed by atoms with van der Waals surface area (Å²) < 4.78 is 9.84. The molecule has 2 N–H and O–H groups in total. The van der Waals surface area contributed by atoms with Crippen molar-refractivity contribution in [2.24, 2.45) is 0 Å². The molecular weight excluding hydrogens is 338 g/mol. The first-order valence-corrected chi connectivity index (χ1v) is 8.43. The molecule has 0 saturated heterocycles. The molecule has 0 unspecified atom stereocenters. The van der Waals surface area contributed by atoms with Gasteiger partial charge in [0.1, 0.15) is 11.1 Å². The first kappa shape index (κ1) is 19.7. The lowest BCUT2D eigenvalue weighted by Crippen LogP contribution is -2.50. The van der Waals surface area contributed by atoms with Crippen LogP contribution in [0.2, 0.25) is 0 Å². The van der Waals surface area contributed by atoms with E-state index in [0.29, 0.717) is 24.1 Å². The maximum Gasteiger partial charge on any atom is 0.408 e. The number of rotatable bonds is 5. The fraction of sp³-hybridized carbons (Fsp3) is 0.556. The van der Waals surface area contributed by atoms with Gasteiger partial charge in [-0.05, 0) is 52.7 Å². The van der Waals surface area contributed by atoms with Crippen LogP contribution in [0.5, 0.6) is 0 Å². The Morgan fingerprint density at radius 3 is 2.35 bits per heavy atom. The highest BCUT2D eigenvalue weighted by atomic mass is 16.6. The zero-order valence-electron chi connectivity index (χ0n) is 15.7. The lowest BCUT2D eigenvalue weighted by Gasteiger charge is -2.24. The summed E-state index contributed by atoms with van der Waals surface area (Å²) in [5.74, 6) is -0.756. The summed E-state index contributed by atoms with van der Waals surface area (Å²) in [6, 6.07) is 2.85. The molecule has 0 radical (unpaired) electrons. The number of nitrogens with zero attached hydrogens (tertiary/aromatic N) is 1. The third-order valence-electron chi connectivity index (χ3n) is 3.92. The number of carbonyl (C=O) groups is 3. The van der Waals surface area contributed by atoms with E-state index in [2.05, 4.69) is 20.4 Å². The molecule has 1 aliphatic carbocycles. The second-order valence-corrected chi connectivity index (χ2v) is 7.37. The fourth-order valence-electron chi connectivity index (χ4n) is 2.34. The molecule has 0 spiro atoms. The van der Waals surface area contributed by atoms with Crippen molar-refractivity contribution in [2.45, 2.75) is 57.7 Å². The molecule has 0 bridgehead atoms. The monoisotopic (exact) mass is 363 g/mol. The number of hydrogen-bond donors (Lipinski definition) is 2. The van der Waals surface area contributed by atoms with E-state index in [1.54, 1.807) is 39.8 Å². The predicted molar refractivity (Wildman–Crippen MR) is 93.5 cm³/mol. The van der Waals surface area contributed by atoms with Crippen molar-refractivity contribution in [1.29, 1.82) is 0 Å². The van der Waals surface area contributed by atoms with Gasteiger partial charge >= 0.3 is 12.1 Å². The van der Waals surface area contributed by atoms with Gasteiger partial charge in [-0.2, -0.15) is 0 Å². The molecule has 8 nitrogen and oxygen atoms in total. The van der Waals surface area contributed by atoms with Gasteiger partial charge in [0.15, 0.2) is 0 Å². The number of esters is 1. The molecule has 1 aromatic heterocycles. The number of hydrogen-bond acceptors (Lipinski definition) is 6. The number of nitrogens with one attached hydrogen (secondary N) is 2. The van der Waals surface area contributed by atoms with Crippen LogP contribution in [0.3, 0.4) is 0 Å². The SMILES string of the molecule is COC(=O)c1ccc([C@@H](C)NC(=O)C2(NC(=O)OC(C)(C)C)CC2)nc1. The van der Waals surface area contributed by atoms with E-state index in [1.165, 1.54) is 13.3 Å². The molecular formula is C18H25N3O5. The van der Waals surface area contributed by atoms with Crippen molar-refractivity contribution < 1.29 is 23.9 Å². The quantitative estimate of drug-likeness (QED) is 0.776. The summed E-state index contributed by atoms with van der Waals surface area (Å²) in [4.78, 5) is 40.1. The maximum atomic E-state index is 12.6. The van der Waals surface area contributed by atoms with Gasteiger partial charge in [0, 0.05) is 6.20 Å². The lowest BCUT2D eigenvalue weighted by molar-refractivity contribution is -0.124. The Hall–Kier alpha value is -2.64. The van der Waals surface area contributed by atoms with E-state index in [1.807, 2.05) is 0 Å². The van der Waals surface area contributed by atoms with Crippen LogP contribution in [-0.2, 0) is 14.3 Å². The molecule has 1 aromatic rings. The van der Waals surface area contributed by atoms with Crippen molar-refractivity contribution in [3.8, 4) is 0 Å². The Labute approximate surface area is 152 Å². The molecule has 1 aliphatic rings. The van der Waals surface area contributed by atoms with Gasteiger partial charge in [-0.3, -0.25) is 9.78 Å². The largest absolute Gasteiger partial charge is 0.465 e. The Balaban J connectivity index is 1.96. The standard InChI is InChI=1S/C18H25N3O5/c1-11(13-7-6-12(10-19-13)14(22)25-5)20-15(23)18(8-9-18)21-16(24)26-17(2,3)4/h6-7,10-11H,8-9H2,1-5H3,(H,20,23)(H,21,24)/t11-/m1/s1. The molecule has 1 fully saturated rings. The van der Waals surface area contributed by atoms with Gasteiger partial charge in [0.2, 0.25) is 5.91 Å². The van der Waals surface area contributed by atoms with Crippen LogP contribution in [0, 0.1) is 0 Å². The minimum Gasteiger partial charge on any atom is -0.465 e. The van der Waals surface area contributed by atoms with E-state index in [9.17, 15) is 14.4 Å². The predicted octanol–water partition coefficient (Wildman–Crippen LogP) is 2.10. The third-order valence-corrected chi connectivity index (χ3v) is 3.92. The van der Waals surface area contributed by atoms with Crippen molar-refractivity contribution >= 4 is 18.0 Å². The van der Waals surface area contributed by atoms with E-state index in [0.717, 1.165) is 0 Å². The number of ether oxygens (including phenoxy) is 2. The first-order chi connectivity index (χ1) is 12.1. The van der Waals surface area contributed by atoms with Crippen LogP contribution in [0.15, 0.2) is 18.3 Å². The van der Waals surface area contributed by atoms with Gasteiger partial charge < -0.3 is 20.1 Å². The van der Waals surface area contributed by atoms with Crippen LogP contribution >= 0.6 is 0 Å². The minimum atomic E-state index is -0.928. The highest BCUT2D eigenvalue weighted by Gasteiger charge is 2.52. The number of methoxy groups -OCH3 is 1. The lowest BCUT2D eigenvalue weighted by atomic mass is 10.1.